The summed E-state index contributed by atoms with van der Waals surface area (Å²) in [4.78, 5) is 2.48. The molecule has 10 aromatic carbocycles. The molecule has 2 aliphatic rings. The largest absolute Gasteiger partial charge is 0.310 e. The van der Waals surface area contributed by atoms with Crippen molar-refractivity contribution < 1.29 is 0 Å². The maximum Gasteiger partial charge on any atom is 0.0746 e. The van der Waals surface area contributed by atoms with Gasteiger partial charge in [0.05, 0.1) is 11.1 Å². The fourth-order valence-corrected chi connectivity index (χ4v) is 10.3. The van der Waals surface area contributed by atoms with Crippen molar-refractivity contribution in [3.8, 4) is 55.6 Å². The Hall–Kier alpha value is -7.74. The molecule has 12 rings (SSSR count). The molecule has 0 saturated heterocycles. The maximum atomic E-state index is 2.48. The Labute approximate surface area is 351 Å². The minimum Gasteiger partial charge on any atom is -0.310 e. The summed E-state index contributed by atoms with van der Waals surface area (Å²) in [6, 6.07) is 87.2. The van der Waals surface area contributed by atoms with Crippen LogP contribution in [0.2, 0.25) is 0 Å². The Kier molecular flexibility index (Phi) is 7.83. The third-order valence-corrected chi connectivity index (χ3v) is 12.9. The first-order valence-electron chi connectivity index (χ1n) is 20.8. The molecule has 10 aromatic rings. The minimum absolute atomic E-state index is 0.482. The van der Waals surface area contributed by atoms with Gasteiger partial charge in [0.25, 0.3) is 0 Å². The molecule has 1 nitrogen and oxygen atoms in total. The Morgan fingerprint density at radius 3 is 1.27 bits per heavy atom. The zero-order valence-corrected chi connectivity index (χ0v) is 33.0. The van der Waals surface area contributed by atoms with Crippen LogP contribution in [0.5, 0.6) is 0 Å². The van der Waals surface area contributed by atoms with Crippen molar-refractivity contribution in [1.29, 1.82) is 0 Å². The van der Waals surface area contributed by atoms with Gasteiger partial charge in [0, 0.05) is 16.9 Å². The molecule has 0 aliphatic heterocycles. The van der Waals surface area contributed by atoms with E-state index in [2.05, 4.69) is 241 Å². The van der Waals surface area contributed by atoms with E-state index in [1.165, 1.54) is 94.3 Å². The van der Waals surface area contributed by atoms with Crippen molar-refractivity contribution in [3.05, 3.63) is 259 Å². The maximum absolute atomic E-state index is 2.48. The monoisotopic (exact) mass is 761 g/mol. The average Bonchev–Trinajstić information content (AvgIpc) is 3.80. The van der Waals surface area contributed by atoms with Gasteiger partial charge in [-0.25, -0.2) is 0 Å². The van der Waals surface area contributed by atoms with Crippen molar-refractivity contribution in [2.45, 2.75) is 5.41 Å². The lowest BCUT2D eigenvalue weighted by molar-refractivity contribution is 0.793. The van der Waals surface area contributed by atoms with Gasteiger partial charge in [-0.1, -0.05) is 206 Å². The SMILES string of the molecule is c1ccc(-c2ccc(N(c3ccc(-c4ccc(-c5cccc6ccccc56)cc4)cc3)c3cccc4c3C3(c5ccccc5-c5ccccc53)c3ccccc3-4)cc2)cc1. The van der Waals surface area contributed by atoms with Gasteiger partial charge in [0.15, 0.2) is 0 Å². The normalized spacial score (nSPS) is 12.8. The van der Waals surface area contributed by atoms with Gasteiger partial charge >= 0.3 is 0 Å². The van der Waals surface area contributed by atoms with Crippen LogP contribution in [0.1, 0.15) is 22.3 Å². The molecule has 0 amide bonds. The summed E-state index contributed by atoms with van der Waals surface area (Å²) in [7, 11) is 0. The lowest BCUT2D eigenvalue weighted by Gasteiger charge is -2.36. The zero-order chi connectivity index (χ0) is 39.6. The molecule has 0 aromatic heterocycles. The molecular formula is C59H39N. The number of anilines is 3. The molecule has 1 heteroatoms. The van der Waals surface area contributed by atoms with Crippen LogP contribution in [-0.2, 0) is 5.41 Å². The molecule has 0 bridgehead atoms. The molecule has 280 valence electrons. The Morgan fingerprint density at radius 2 is 0.667 bits per heavy atom. The standard InChI is InChI=1S/C59H39N/c1-2-14-40(15-3-1)42-32-36-46(37-33-42)60(47-38-34-43(35-39-47)41-28-30-45(31-29-41)49-22-12-17-44-16-4-5-18-48(44)49)57-27-13-23-53-52-21-8-11-26-56(52)59(58(53)57)54-24-9-6-19-50(54)51-20-7-10-25-55(51)59/h1-39H. The second-order valence-corrected chi connectivity index (χ2v) is 16.0. The Balaban J connectivity index is 1.03. The lowest BCUT2D eigenvalue weighted by atomic mass is 9.70. The van der Waals surface area contributed by atoms with Crippen molar-refractivity contribution in [2.75, 3.05) is 4.90 Å². The van der Waals surface area contributed by atoms with Crippen LogP contribution < -0.4 is 4.90 Å². The lowest BCUT2D eigenvalue weighted by Crippen LogP contribution is -2.28. The van der Waals surface area contributed by atoms with Gasteiger partial charge in [0.2, 0.25) is 0 Å². The van der Waals surface area contributed by atoms with E-state index < -0.39 is 5.41 Å². The first-order valence-corrected chi connectivity index (χ1v) is 20.8. The van der Waals surface area contributed by atoms with Crippen LogP contribution in [0, 0.1) is 0 Å². The highest BCUT2D eigenvalue weighted by Gasteiger charge is 2.53. The highest BCUT2D eigenvalue weighted by molar-refractivity contribution is 6.00. The van der Waals surface area contributed by atoms with E-state index in [9.17, 15) is 0 Å². The van der Waals surface area contributed by atoms with Crippen LogP contribution in [0.25, 0.3) is 66.4 Å². The zero-order valence-electron chi connectivity index (χ0n) is 33.0. The van der Waals surface area contributed by atoms with E-state index in [1.54, 1.807) is 0 Å². The first-order chi connectivity index (χ1) is 29.8. The molecular weight excluding hydrogens is 723 g/mol. The fourth-order valence-electron chi connectivity index (χ4n) is 10.3. The summed E-state index contributed by atoms with van der Waals surface area (Å²) >= 11 is 0. The van der Waals surface area contributed by atoms with Crippen LogP contribution in [0.15, 0.2) is 237 Å². The average molecular weight is 762 g/mol. The van der Waals surface area contributed by atoms with Crippen LogP contribution in [-0.4, -0.2) is 0 Å². The third-order valence-electron chi connectivity index (χ3n) is 12.9. The Bertz CT molecular complexity index is 3160. The minimum atomic E-state index is -0.482. The van der Waals surface area contributed by atoms with Crippen LogP contribution >= 0.6 is 0 Å². The quantitative estimate of drug-likeness (QED) is 0.163. The molecule has 1 spiro atoms. The number of rotatable bonds is 6. The van der Waals surface area contributed by atoms with Crippen molar-refractivity contribution in [1.82, 2.24) is 0 Å². The molecule has 0 fully saturated rings. The summed E-state index contributed by atoms with van der Waals surface area (Å²) < 4.78 is 0. The van der Waals surface area contributed by atoms with Crippen LogP contribution in [0.3, 0.4) is 0 Å². The van der Waals surface area contributed by atoms with Gasteiger partial charge in [-0.3, -0.25) is 0 Å². The number of benzene rings is 10. The van der Waals surface area contributed by atoms with E-state index in [1.807, 2.05) is 0 Å². The molecule has 2 aliphatic carbocycles. The predicted octanol–water partition coefficient (Wildman–Crippen LogP) is 15.7. The van der Waals surface area contributed by atoms with Gasteiger partial charge in [-0.05, 0) is 113 Å². The first kappa shape index (κ1) is 34.3. The molecule has 0 saturated carbocycles. The number of fused-ring (bicyclic) bond motifs is 11. The molecule has 0 atom stereocenters. The van der Waals surface area contributed by atoms with Crippen LogP contribution in [0.4, 0.5) is 17.1 Å². The van der Waals surface area contributed by atoms with Crippen molar-refractivity contribution in [3.63, 3.8) is 0 Å². The summed E-state index contributed by atoms with van der Waals surface area (Å²) in [5.74, 6) is 0. The summed E-state index contributed by atoms with van der Waals surface area (Å²) in [5, 5.41) is 2.53. The second-order valence-electron chi connectivity index (χ2n) is 16.0. The van der Waals surface area contributed by atoms with Crippen molar-refractivity contribution in [2.24, 2.45) is 0 Å². The number of nitrogens with zero attached hydrogens (tertiary/aromatic N) is 1. The molecule has 0 unspecified atom stereocenters. The molecule has 0 heterocycles. The topological polar surface area (TPSA) is 3.24 Å². The van der Waals surface area contributed by atoms with E-state index in [0.29, 0.717) is 0 Å². The van der Waals surface area contributed by atoms with Gasteiger partial charge in [-0.15, -0.1) is 0 Å². The smallest absolute Gasteiger partial charge is 0.0746 e. The summed E-state index contributed by atoms with van der Waals surface area (Å²) in [6.45, 7) is 0. The third kappa shape index (κ3) is 5.13. The summed E-state index contributed by atoms with van der Waals surface area (Å²) in [5.41, 5.74) is 20.7. The van der Waals surface area contributed by atoms with E-state index >= 15 is 0 Å². The Morgan fingerprint density at radius 1 is 0.267 bits per heavy atom. The van der Waals surface area contributed by atoms with Gasteiger partial charge < -0.3 is 4.90 Å². The van der Waals surface area contributed by atoms with E-state index in [-0.39, 0.29) is 0 Å². The molecule has 60 heavy (non-hydrogen) atoms. The fraction of sp³-hybridized carbons (Fsp3) is 0.0169. The number of hydrogen-bond acceptors (Lipinski definition) is 1. The van der Waals surface area contributed by atoms with Crippen molar-refractivity contribution >= 4 is 27.8 Å². The highest BCUT2D eigenvalue weighted by atomic mass is 15.1. The van der Waals surface area contributed by atoms with Gasteiger partial charge in [0.1, 0.15) is 0 Å². The molecule has 0 radical (unpaired) electrons. The van der Waals surface area contributed by atoms with Gasteiger partial charge in [-0.2, -0.15) is 0 Å². The highest BCUT2D eigenvalue weighted by Crippen LogP contribution is 2.65. The number of hydrogen-bond donors (Lipinski definition) is 0. The summed E-state index contributed by atoms with van der Waals surface area (Å²) in [6.07, 6.45) is 0. The van der Waals surface area contributed by atoms with E-state index in [4.69, 9.17) is 0 Å². The predicted molar refractivity (Wildman–Crippen MR) is 251 cm³/mol. The van der Waals surface area contributed by atoms with E-state index in [0.717, 1.165) is 11.4 Å². The molecule has 0 N–H and O–H groups in total. The second kappa shape index (κ2) is 13.7.